The highest BCUT2D eigenvalue weighted by molar-refractivity contribution is 4.72. The monoisotopic (exact) mass is 201 g/mol. The number of rotatable bonds is 5. The van der Waals surface area contributed by atoms with Crippen LogP contribution in [0.15, 0.2) is 0 Å². The summed E-state index contributed by atoms with van der Waals surface area (Å²) in [5.41, 5.74) is 0. The molecule has 0 aromatic rings. The largest absolute Gasteiger partial charge is 0.392 e. The second kappa shape index (κ2) is 6.38. The van der Waals surface area contributed by atoms with Crippen molar-refractivity contribution in [3.8, 4) is 0 Å². The molecule has 0 aliphatic carbocycles. The average Bonchev–Trinajstić information content (AvgIpc) is 2.15. The molecule has 0 radical (unpaired) electrons. The van der Waals surface area contributed by atoms with Crippen molar-refractivity contribution in [3.05, 3.63) is 0 Å². The van der Waals surface area contributed by atoms with Crippen LogP contribution in [0.5, 0.6) is 0 Å². The molecule has 0 spiro atoms. The Balaban J connectivity index is 2.06. The highest BCUT2D eigenvalue weighted by atomic mass is 16.5. The fraction of sp³-hybridized carbons (Fsp3) is 1.00. The molecule has 0 amide bonds. The molecule has 1 atom stereocenters. The number of aliphatic hydroxyl groups is 1. The van der Waals surface area contributed by atoms with Gasteiger partial charge in [-0.3, -0.25) is 0 Å². The van der Waals surface area contributed by atoms with Gasteiger partial charge in [0.2, 0.25) is 0 Å². The fourth-order valence-corrected chi connectivity index (χ4v) is 1.83. The van der Waals surface area contributed by atoms with Crippen LogP contribution < -0.4 is 5.32 Å². The lowest BCUT2D eigenvalue weighted by Crippen LogP contribution is -2.39. The van der Waals surface area contributed by atoms with E-state index in [1.807, 2.05) is 0 Å². The van der Waals surface area contributed by atoms with Crippen molar-refractivity contribution in [2.45, 2.75) is 45.3 Å². The van der Waals surface area contributed by atoms with Gasteiger partial charge in [0.15, 0.2) is 0 Å². The summed E-state index contributed by atoms with van der Waals surface area (Å²) < 4.78 is 5.27. The zero-order valence-electron chi connectivity index (χ0n) is 9.33. The van der Waals surface area contributed by atoms with Crippen molar-refractivity contribution in [2.75, 3.05) is 19.8 Å². The van der Waals surface area contributed by atoms with Gasteiger partial charge in [-0.1, -0.05) is 13.8 Å². The summed E-state index contributed by atoms with van der Waals surface area (Å²) in [7, 11) is 0. The molecule has 1 saturated heterocycles. The van der Waals surface area contributed by atoms with E-state index in [9.17, 15) is 5.11 Å². The number of aliphatic hydroxyl groups excluding tert-OH is 1. The first-order valence-corrected chi connectivity index (χ1v) is 5.67. The fourth-order valence-electron chi connectivity index (χ4n) is 1.83. The Bertz CT molecular complexity index is 144. The van der Waals surface area contributed by atoms with Crippen LogP contribution in [0, 0.1) is 5.92 Å². The Hall–Kier alpha value is -0.120. The minimum atomic E-state index is -0.196. The molecule has 0 aromatic heterocycles. The van der Waals surface area contributed by atoms with Crippen molar-refractivity contribution in [1.82, 2.24) is 5.32 Å². The molecular weight excluding hydrogens is 178 g/mol. The summed E-state index contributed by atoms with van der Waals surface area (Å²) in [6, 6.07) is 0.547. The average molecular weight is 201 g/mol. The van der Waals surface area contributed by atoms with Crippen molar-refractivity contribution in [3.63, 3.8) is 0 Å². The van der Waals surface area contributed by atoms with E-state index in [-0.39, 0.29) is 6.10 Å². The first kappa shape index (κ1) is 12.0. The van der Waals surface area contributed by atoms with Crippen molar-refractivity contribution < 1.29 is 9.84 Å². The van der Waals surface area contributed by atoms with E-state index in [1.54, 1.807) is 0 Å². The summed E-state index contributed by atoms with van der Waals surface area (Å²) in [6.45, 7) is 6.72. The second-order valence-electron chi connectivity index (χ2n) is 4.58. The van der Waals surface area contributed by atoms with Gasteiger partial charge in [0.1, 0.15) is 0 Å². The Labute approximate surface area is 86.8 Å². The van der Waals surface area contributed by atoms with E-state index in [0.717, 1.165) is 39.0 Å². The molecule has 0 saturated carbocycles. The highest BCUT2D eigenvalue weighted by Crippen LogP contribution is 2.08. The molecule has 1 aliphatic heterocycles. The SMILES string of the molecule is CC(C)CC(O)CNC1CCOCC1. The van der Waals surface area contributed by atoms with E-state index in [2.05, 4.69) is 19.2 Å². The predicted molar refractivity (Wildman–Crippen MR) is 57.3 cm³/mol. The van der Waals surface area contributed by atoms with Gasteiger partial charge < -0.3 is 15.2 Å². The van der Waals surface area contributed by atoms with Crippen LogP contribution in [-0.2, 0) is 4.74 Å². The van der Waals surface area contributed by atoms with Crippen molar-refractivity contribution in [1.29, 1.82) is 0 Å². The molecule has 3 heteroatoms. The number of ether oxygens (including phenoxy) is 1. The van der Waals surface area contributed by atoms with E-state index < -0.39 is 0 Å². The normalized spacial score (nSPS) is 21.4. The lowest BCUT2D eigenvalue weighted by atomic mass is 10.0. The first-order chi connectivity index (χ1) is 6.68. The molecule has 1 heterocycles. The summed E-state index contributed by atoms with van der Waals surface area (Å²) in [6.07, 6.45) is 2.84. The predicted octanol–water partition coefficient (Wildman–Crippen LogP) is 1.16. The van der Waals surface area contributed by atoms with Gasteiger partial charge in [-0.05, 0) is 25.2 Å². The summed E-state index contributed by atoms with van der Waals surface area (Å²) in [4.78, 5) is 0. The Morgan fingerprint density at radius 3 is 2.57 bits per heavy atom. The molecule has 84 valence electrons. The van der Waals surface area contributed by atoms with Crippen molar-refractivity contribution in [2.24, 2.45) is 5.92 Å². The number of nitrogens with one attached hydrogen (secondary N) is 1. The van der Waals surface area contributed by atoms with Crippen LogP contribution in [0.25, 0.3) is 0 Å². The Kier molecular flexibility index (Phi) is 5.45. The number of hydrogen-bond donors (Lipinski definition) is 2. The summed E-state index contributed by atoms with van der Waals surface area (Å²) in [5.74, 6) is 0.571. The Morgan fingerprint density at radius 1 is 1.36 bits per heavy atom. The van der Waals surface area contributed by atoms with Gasteiger partial charge in [0.05, 0.1) is 6.10 Å². The van der Waals surface area contributed by atoms with Gasteiger partial charge in [-0.2, -0.15) is 0 Å². The maximum Gasteiger partial charge on any atom is 0.0667 e. The van der Waals surface area contributed by atoms with Crippen LogP contribution in [0.2, 0.25) is 0 Å². The summed E-state index contributed by atoms with van der Waals surface area (Å²) in [5, 5.41) is 13.1. The summed E-state index contributed by atoms with van der Waals surface area (Å²) >= 11 is 0. The molecule has 0 bridgehead atoms. The standard InChI is InChI=1S/C11H23NO2/c1-9(2)7-11(13)8-12-10-3-5-14-6-4-10/h9-13H,3-8H2,1-2H3. The quantitative estimate of drug-likeness (QED) is 0.701. The maximum atomic E-state index is 9.66. The molecule has 1 fully saturated rings. The molecule has 14 heavy (non-hydrogen) atoms. The minimum absolute atomic E-state index is 0.196. The van der Waals surface area contributed by atoms with Crippen LogP contribution in [-0.4, -0.2) is 37.0 Å². The van der Waals surface area contributed by atoms with Crippen LogP contribution >= 0.6 is 0 Å². The van der Waals surface area contributed by atoms with Gasteiger partial charge in [0.25, 0.3) is 0 Å². The minimum Gasteiger partial charge on any atom is -0.392 e. The zero-order chi connectivity index (χ0) is 10.4. The van der Waals surface area contributed by atoms with Crippen LogP contribution in [0.1, 0.15) is 33.1 Å². The molecule has 1 unspecified atom stereocenters. The van der Waals surface area contributed by atoms with Gasteiger partial charge >= 0.3 is 0 Å². The van der Waals surface area contributed by atoms with E-state index in [1.165, 1.54) is 0 Å². The van der Waals surface area contributed by atoms with Crippen LogP contribution in [0.3, 0.4) is 0 Å². The Morgan fingerprint density at radius 2 is 2.00 bits per heavy atom. The van der Waals surface area contributed by atoms with Crippen LogP contribution in [0.4, 0.5) is 0 Å². The molecule has 1 rings (SSSR count). The molecule has 0 aromatic carbocycles. The van der Waals surface area contributed by atoms with E-state index >= 15 is 0 Å². The highest BCUT2D eigenvalue weighted by Gasteiger charge is 2.14. The molecule has 3 nitrogen and oxygen atoms in total. The third kappa shape index (κ3) is 4.94. The smallest absolute Gasteiger partial charge is 0.0667 e. The van der Waals surface area contributed by atoms with E-state index in [4.69, 9.17) is 4.74 Å². The molecular formula is C11H23NO2. The molecule has 2 N–H and O–H groups in total. The van der Waals surface area contributed by atoms with Crippen molar-refractivity contribution >= 4 is 0 Å². The van der Waals surface area contributed by atoms with Gasteiger partial charge in [0, 0.05) is 25.8 Å². The lowest BCUT2D eigenvalue weighted by Gasteiger charge is -2.24. The first-order valence-electron chi connectivity index (χ1n) is 5.67. The van der Waals surface area contributed by atoms with E-state index in [0.29, 0.717) is 12.0 Å². The number of hydrogen-bond acceptors (Lipinski definition) is 3. The van der Waals surface area contributed by atoms with Gasteiger partial charge in [-0.15, -0.1) is 0 Å². The van der Waals surface area contributed by atoms with Gasteiger partial charge in [-0.25, -0.2) is 0 Å². The lowest BCUT2D eigenvalue weighted by molar-refractivity contribution is 0.0706. The third-order valence-corrected chi connectivity index (χ3v) is 2.61. The zero-order valence-corrected chi connectivity index (χ0v) is 9.33. The molecule has 1 aliphatic rings. The third-order valence-electron chi connectivity index (χ3n) is 2.61. The maximum absolute atomic E-state index is 9.66. The second-order valence-corrected chi connectivity index (χ2v) is 4.58. The topological polar surface area (TPSA) is 41.5 Å².